The summed E-state index contributed by atoms with van der Waals surface area (Å²) >= 11 is 2.98. The van der Waals surface area contributed by atoms with Gasteiger partial charge in [-0.3, -0.25) is 0 Å². The van der Waals surface area contributed by atoms with E-state index in [1.807, 2.05) is 0 Å². The fraction of sp³-hybridized carbons (Fsp3) is 0.250. The summed E-state index contributed by atoms with van der Waals surface area (Å²) in [6.07, 6.45) is -2.81. The fourth-order valence-corrected chi connectivity index (χ4v) is 1.63. The molecule has 0 aliphatic heterocycles. The summed E-state index contributed by atoms with van der Waals surface area (Å²) in [6, 6.07) is 1.07. The number of halogens is 3. The summed E-state index contributed by atoms with van der Waals surface area (Å²) in [4.78, 5) is 14.1. The number of carboxylic acids is 1. The summed E-state index contributed by atoms with van der Waals surface area (Å²) in [5, 5.41) is 8.74. The lowest BCUT2D eigenvalue weighted by molar-refractivity contribution is 0.0687. The van der Waals surface area contributed by atoms with Crippen molar-refractivity contribution < 1.29 is 18.7 Å². The largest absolute Gasteiger partial charge is 0.477 e. The topological polar surface area (TPSA) is 76.2 Å². The molecule has 1 rings (SSSR count). The van der Waals surface area contributed by atoms with Crippen LogP contribution in [0.1, 0.15) is 28.2 Å². The molecular formula is C8H7BrF2N2O2. The van der Waals surface area contributed by atoms with Gasteiger partial charge in [-0.15, -0.1) is 0 Å². The molecule has 0 saturated carbocycles. The SMILES string of the molecule is NCc1c(Br)cc(C(F)F)nc1C(=O)O. The minimum absolute atomic E-state index is 0.0846. The lowest BCUT2D eigenvalue weighted by Gasteiger charge is -2.08. The van der Waals surface area contributed by atoms with Gasteiger partial charge in [0, 0.05) is 16.6 Å². The summed E-state index contributed by atoms with van der Waals surface area (Å²) in [6.45, 7) is -0.0846. The van der Waals surface area contributed by atoms with E-state index in [4.69, 9.17) is 10.8 Å². The molecule has 0 saturated heterocycles. The molecule has 0 atom stereocenters. The second-order valence-corrected chi connectivity index (χ2v) is 3.52. The van der Waals surface area contributed by atoms with Gasteiger partial charge in [-0.25, -0.2) is 18.6 Å². The van der Waals surface area contributed by atoms with Crippen molar-refractivity contribution >= 4 is 21.9 Å². The third-order valence-corrected chi connectivity index (χ3v) is 2.43. The number of hydrogen-bond donors (Lipinski definition) is 2. The van der Waals surface area contributed by atoms with E-state index in [-0.39, 0.29) is 16.6 Å². The maximum atomic E-state index is 12.3. The second-order valence-electron chi connectivity index (χ2n) is 2.67. The molecule has 4 nitrogen and oxygen atoms in total. The predicted molar refractivity (Wildman–Crippen MR) is 51.7 cm³/mol. The van der Waals surface area contributed by atoms with Crippen molar-refractivity contribution in [1.82, 2.24) is 4.98 Å². The van der Waals surface area contributed by atoms with Gasteiger partial charge in [-0.1, -0.05) is 15.9 Å². The quantitative estimate of drug-likeness (QED) is 0.887. The van der Waals surface area contributed by atoms with Crippen LogP contribution in [-0.2, 0) is 6.54 Å². The molecule has 0 amide bonds. The van der Waals surface area contributed by atoms with Crippen LogP contribution in [0.3, 0.4) is 0 Å². The number of nitrogens with zero attached hydrogens (tertiary/aromatic N) is 1. The zero-order valence-electron chi connectivity index (χ0n) is 7.38. The molecule has 0 unspecified atom stereocenters. The average Bonchev–Trinajstić information content (AvgIpc) is 2.16. The lowest BCUT2D eigenvalue weighted by Crippen LogP contribution is -2.12. The summed E-state index contributed by atoms with van der Waals surface area (Å²) < 4.78 is 24.9. The minimum atomic E-state index is -2.81. The Labute approximate surface area is 92.2 Å². The van der Waals surface area contributed by atoms with Crippen molar-refractivity contribution in [2.24, 2.45) is 5.73 Å². The minimum Gasteiger partial charge on any atom is -0.477 e. The molecule has 3 N–H and O–H groups in total. The third-order valence-electron chi connectivity index (χ3n) is 1.72. The van der Waals surface area contributed by atoms with E-state index >= 15 is 0 Å². The van der Waals surface area contributed by atoms with Crippen molar-refractivity contribution in [2.75, 3.05) is 0 Å². The van der Waals surface area contributed by atoms with Crippen molar-refractivity contribution in [3.63, 3.8) is 0 Å². The van der Waals surface area contributed by atoms with Crippen molar-refractivity contribution in [3.8, 4) is 0 Å². The molecule has 0 radical (unpaired) electrons. The van der Waals surface area contributed by atoms with Gasteiger partial charge in [0.25, 0.3) is 6.43 Å². The molecule has 0 aliphatic carbocycles. The number of carboxylic acid groups (broad SMARTS) is 1. The van der Waals surface area contributed by atoms with Crippen molar-refractivity contribution in [3.05, 3.63) is 27.5 Å². The fourth-order valence-electron chi connectivity index (χ4n) is 1.04. The standard InChI is InChI=1S/C8H7BrF2N2O2/c9-4-1-5(7(10)11)13-6(8(14)15)3(4)2-12/h1,7H,2,12H2,(H,14,15). The lowest BCUT2D eigenvalue weighted by atomic mass is 10.1. The number of pyridine rings is 1. The highest BCUT2D eigenvalue weighted by molar-refractivity contribution is 9.10. The average molecular weight is 281 g/mol. The maximum Gasteiger partial charge on any atom is 0.354 e. The Morgan fingerprint density at radius 3 is 2.67 bits per heavy atom. The molecule has 1 aromatic rings. The van der Waals surface area contributed by atoms with Crippen LogP contribution in [0.15, 0.2) is 10.5 Å². The zero-order chi connectivity index (χ0) is 11.6. The first-order chi connectivity index (χ1) is 6.97. The number of rotatable bonds is 3. The van der Waals surface area contributed by atoms with E-state index in [9.17, 15) is 13.6 Å². The summed E-state index contributed by atoms with van der Waals surface area (Å²) in [5.74, 6) is -1.38. The number of alkyl halides is 2. The van der Waals surface area contributed by atoms with E-state index in [0.29, 0.717) is 0 Å². The molecule has 0 aliphatic rings. The highest BCUT2D eigenvalue weighted by Crippen LogP contribution is 2.25. The predicted octanol–water partition coefficient (Wildman–Crippen LogP) is 1.94. The Hall–Kier alpha value is -1.08. The normalized spacial score (nSPS) is 10.7. The summed E-state index contributed by atoms with van der Waals surface area (Å²) in [7, 11) is 0. The number of aromatic nitrogens is 1. The maximum absolute atomic E-state index is 12.3. The van der Waals surface area contributed by atoms with Crippen LogP contribution < -0.4 is 5.73 Å². The second kappa shape index (κ2) is 4.63. The highest BCUT2D eigenvalue weighted by atomic mass is 79.9. The van der Waals surface area contributed by atoms with Gasteiger partial charge >= 0.3 is 5.97 Å². The number of aromatic carboxylic acids is 1. The van der Waals surface area contributed by atoms with E-state index < -0.39 is 23.8 Å². The van der Waals surface area contributed by atoms with E-state index in [2.05, 4.69) is 20.9 Å². The van der Waals surface area contributed by atoms with Crippen LogP contribution in [0, 0.1) is 0 Å². The zero-order valence-corrected chi connectivity index (χ0v) is 8.96. The van der Waals surface area contributed by atoms with Crippen LogP contribution in [0.2, 0.25) is 0 Å². The molecule has 1 heterocycles. The number of carbonyl (C=O) groups is 1. The molecule has 0 fully saturated rings. The van der Waals surface area contributed by atoms with Crippen LogP contribution in [0.5, 0.6) is 0 Å². The van der Waals surface area contributed by atoms with Gasteiger partial charge < -0.3 is 10.8 Å². The first kappa shape index (κ1) is 12.0. The van der Waals surface area contributed by atoms with E-state index in [1.165, 1.54) is 0 Å². The van der Waals surface area contributed by atoms with Gasteiger partial charge in [0.1, 0.15) is 5.69 Å². The molecule has 15 heavy (non-hydrogen) atoms. The van der Waals surface area contributed by atoms with Crippen LogP contribution in [-0.4, -0.2) is 16.1 Å². The molecule has 0 aromatic carbocycles. The van der Waals surface area contributed by atoms with Gasteiger partial charge in [-0.2, -0.15) is 0 Å². The van der Waals surface area contributed by atoms with Gasteiger partial charge in [0.05, 0.1) is 0 Å². The molecule has 7 heteroatoms. The highest BCUT2D eigenvalue weighted by Gasteiger charge is 2.19. The Kier molecular flexibility index (Phi) is 3.70. The molecule has 0 bridgehead atoms. The molecular weight excluding hydrogens is 274 g/mol. The van der Waals surface area contributed by atoms with Crippen LogP contribution in [0.4, 0.5) is 8.78 Å². The Morgan fingerprint density at radius 1 is 1.67 bits per heavy atom. The summed E-state index contributed by atoms with van der Waals surface area (Å²) in [5.41, 5.74) is 4.47. The Morgan fingerprint density at radius 2 is 2.27 bits per heavy atom. The first-order valence-corrected chi connectivity index (χ1v) is 4.67. The first-order valence-electron chi connectivity index (χ1n) is 3.88. The number of hydrogen-bond acceptors (Lipinski definition) is 3. The van der Waals surface area contributed by atoms with Gasteiger partial charge in [-0.05, 0) is 6.07 Å². The van der Waals surface area contributed by atoms with E-state index in [1.54, 1.807) is 0 Å². The number of nitrogens with two attached hydrogens (primary N) is 1. The Bertz CT molecular complexity index is 398. The smallest absolute Gasteiger partial charge is 0.354 e. The van der Waals surface area contributed by atoms with Crippen LogP contribution in [0.25, 0.3) is 0 Å². The third kappa shape index (κ3) is 2.48. The molecule has 1 aromatic heterocycles. The van der Waals surface area contributed by atoms with Crippen molar-refractivity contribution in [1.29, 1.82) is 0 Å². The Balaban J connectivity index is 3.38. The van der Waals surface area contributed by atoms with Gasteiger partial charge in [0.2, 0.25) is 0 Å². The molecule has 0 spiro atoms. The van der Waals surface area contributed by atoms with Crippen LogP contribution >= 0.6 is 15.9 Å². The van der Waals surface area contributed by atoms with E-state index in [0.717, 1.165) is 6.07 Å². The monoisotopic (exact) mass is 280 g/mol. The molecule has 82 valence electrons. The van der Waals surface area contributed by atoms with Crippen molar-refractivity contribution in [2.45, 2.75) is 13.0 Å². The van der Waals surface area contributed by atoms with Gasteiger partial charge in [0.15, 0.2) is 5.69 Å².